The molecule has 1 fully saturated rings. The monoisotopic (exact) mass is 427 g/mol. The summed E-state index contributed by atoms with van der Waals surface area (Å²) in [4.78, 5) is 35.5. The number of aromatic nitrogens is 2. The van der Waals surface area contributed by atoms with E-state index >= 15 is 0 Å². The molecule has 2 atom stereocenters. The first-order chi connectivity index (χ1) is 14.8. The number of aromatic amines is 1. The van der Waals surface area contributed by atoms with Crippen molar-refractivity contribution in [3.8, 4) is 0 Å². The lowest BCUT2D eigenvalue weighted by Crippen LogP contribution is -2.53. The van der Waals surface area contributed by atoms with Crippen LogP contribution in [0.15, 0.2) is 24.5 Å². The molecule has 3 N–H and O–H groups in total. The molecule has 7 heteroatoms. The fourth-order valence-corrected chi connectivity index (χ4v) is 4.31. The van der Waals surface area contributed by atoms with Gasteiger partial charge in [0.1, 0.15) is 11.7 Å². The third-order valence-electron chi connectivity index (χ3n) is 6.66. The fourth-order valence-electron chi connectivity index (χ4n) is 4.31. The van der Waals surface area contributed by atoms with Gasteiger partial charge in [0.2, 0.25) is 11.8 Å². The van der Waals surface area contributed by atoms with E-state index in [4.69, 9.17) is 0 Å². The second-order valence-electron chi connectivity index (χ2n) is 9.21. The molecule has 2 amide bonds. The number of nitrogens with one attached hydrogen (secondary N) is 3. The SMILES string of the molecule is CC(C)N(C)C(C)C(=O)N[C@@H](CC1CCCCC1)C(=O)NCc1cnc2[nH]ccc2c1. The van der Waals surface area contributed by atoms with E-state index in [0.717, 1.165) is 29.4 Å². The van der Waals surface area contributed by atoms with E-state index in [1.54, 1.807) is 6.20 Å². The van der Waals surface area contributed by atoms with Crippen molar-refractivity contribution >= 4 is 22.8 Å². The number of likely N-dealkylation sites (N-methyl/N-ethyl adjacent to an activating group) is 1. The minimum atomic E-state index is -0.512. The number of rotatable bonds is 9. The van der Waals surface area contributed by atoms with Gasteiger partial charge in [-0.2, -0.15) is 0 Å². The molecule has 1 aliphatic rings. The van der Waals surface area contributed by atoms with E-state index in [0.29, 0.717) is 18.9 Å². The lowest BCUT2D eigenvalue weighted by Gasteiger charge is -2.31. The number of fused-ring (bicyclic) bond motifs is 1. The second-order valence-corrected chi connectivity index (χ2v) is 9.21. The van der Waals surface area contributed by atoms with Gasteiger partial charge in [-0.25, -0.2) is 4.98 Å². The summed E-state index contributed by atoms with van der Waals surface area (Å²) in [6, 6.07) is 3.44. The Hall–Kier alpha value is -2.41. The van der Waals surface area contributed by atoms with Gasteiger partial charge in [-0.15, -0.1) is 0 Å². The van der Waals surface area contributed by atoms with E-state index < -0.39 is 6.04 Å². The number of nitrogens with zero attached hydrogens (tertiary/aromatic N) is 2. The lowest BCUT2D eigenvalue weighted by atomic mass is 9.84. The molecule has 1 unspecified atom stereocenters. The Kier molecular flexibility index (Phi) is 8.07. The molecule has 0 aromatic carbocycles. The molecule has 31 heavy (non-hydrogen) atoms. The number of pyridine rings is 1. The number of amides is 2. The van der Waals surface area contributed by atoms with Crippen LogP contribution < -0.4 is 10.6 Å². The van der Waals surface area contributed by atoms with Crippen LogP contribution in [0.1, 0.15) is 64.9 Å². The van der Waals surface area contributed by atoms with E-state index in [2.05, 4.69) is 34.4 Å². The fraction of sp³-hybridized carbons (Fsp3) is 0.625. The van der Waals surface area contributed by atoms with Gasteiger partial charge in [-0.1, -0.05) is 32.1 Å². The summed E-state index contributed by atoms with van der Waals surface area (Å²) in [5.41, 5.74) is 1.77. The molecular weight excluding hydrogens is 390 g/mol. The van der Waals surface area contributed by atoms with Crippen LogP contribution in [0.2, 0.25) is 0 Å². The summed E-state index contributed by atoms with van der Waals surface area (Å²) in [6.45, 7) is 6.41. The van der Waals surface area contributed by atoms with Crippen LogP contribution in [0.4, 0.5) is 0 Å². The molecule has 3 rings (SSSR count). The molecule has 1 aliphatic carbocycles. The first kappa shape index (κ1) is 23.3. The zero-order valence-electron chi connectivity index (χ0n) is 19.3. The minimum absolute atomic E-state index is 0.0948. The Labute approximate surface area is 185 Å². The standard InChI is InChI=1S/C24H37N5O2/c1-16(2)29(4)17(3)23(30)28-21(13-18-8-6-5-7-9-18)24(31)27-15-19-12-20-10-11-25-22(20)26-14-19/h10-12,14,16-18,21H,5-9,13,15H2,1-4H3,(H,25,26)(H,27,31)(H,28,30)/t17?,21-/m0/s1. The van der Waals surface area contributed by atoms with Gasteiger partial charge in [0.05, 0.1) is 6.04 Å². The Morgan fingerprint density at radius 1 is 1.19 bits per heavy atom. The summed E-state index contributed by atoms with van der Waals surface area (Å²) in [7, 11) is 1.94. The van der Waals surface area contributed by atoms with Crippen LogP contribution in [-0.2, 0) is 16.1 Å². The van der Waals surface area contributed by atoms with Crippen molar-refractivity contribution < 1.29 is 9.59 Å². The first-order valence-corrected chi connectivity index (χ1v) is 11.6. The highest BCUT2D eigenvalue weighted by Gasteiger charge is 2.29. The molecule has 0 aliphatic heterocycles. The van der Waals surface area contributed by atoms with Gasteiger partial charge >= 0.3 is 0 Å². The summed E-state index contributed by atoms with van der Waals surface area (Å²) in [6.07, 6.45) is 10.3. The van der Waals surface area contributed by atoms with Gasteiger partial charge < -0.3 is 15.6 Å². The van der Waals surface area contributed by atoms with Crippen molar-refractivity contribution in [2.75, 3.05) is 7.05 Å². The number of hydrogen-bond acceptors (Lipinski definition) is 4. The summed E-state index contributed by atoms with van der Waals surface area (Å²) in [5, 5.41) is 7.09. The number of carbonyl (C=O) groups is 2. The van der Waals surface area contributed by atoms with Gasteiger partial charge in [0, 0.05) is 30.4 Å². The topological polar surface area (TPSA) is 90.1 Å². The number of carbonyl (C=O) groups excluding carboxylic acids is 2. The van der Waals surface area contributed by atoms with Crippen molar-refractivity contribution in [2.24, 2.45) is 5.92 Å². The first-order valence-electron chi connectivity index (χ1n) is 11.6. The Balaban J connectivity index is 1.64. The van der Waals surface area contributed by atoms with Gasteiger partial charge in [-0.3, -0.25) is 14.5 Å². The van der Waals surface area contributed by atoms with E-state index in [9.17, 15) is 9.59 Å². The molecule has 170 valence electrons. The predicted molar refractivity (Wildman–Crippen MR) is 123 cm³/mol. The van der Waals surface area contributed by atoms with E-state index in [-0.39, 0.29) is 23.9 Å². The average Bonchev–Trinajstić information content (AvgIpc) is 3.24. The zero-order valence-corrected chi connectivity index (χ0v) is 19.3. The molecule has 0 spiro atoms. The van der Waals surface area contributed by atoms with Crippen LogP contribution in [0.5, 0.6) is 0 Å². The molecule has 2 aromatic rings. The highest BCUT2D eigenvalue weighted by atomic mass is 16.2. The normalized spacial score (nSPS) is 17.1. The van der Waals surface area contributed by atoms with Gasteiger partial charge in [-0.05, 0) is 57.9 Å². The van der Waals surface area contributed by atoms with Crippen molar-refractivity contribution in [3.05, 3.63) is 30.1 Å². The zero-order chi connectivity index (χ0) is 22.4. The summed E-state index contributed by atoms with van der Waals surface area (Å²) >= 11 is 0. The minimum Gasteiger partial charge on any atom is -0.350 e. The summed E-state index contributed by atoms with van der Waals surface area (Å²) < 4.78 is 0. The van der Waals surface area contributed by atoms with Crippen LogP contribution in [0, 0.1) is 5.92 Å². The maximum atomic E-state index is 13.1. The Morgan fingerprint density at radius 2 is 1.94 bits per heavy atom. The van der Waals surface area contributed by atoms with Crippen LogP contribution in [0.3, 0.4) is 0 Å². The molecule has 7 nitrogen and oxygen atoms in total. The Bertz CT molecular complexity index is 872. The second kappa shape index (κ2) is 10.8. The number of hydrogen-bond donors (Lipinski definition) is 3. The molecule has 1 saturated carbocycles. The van der Waals surface area contributed by atoms with Crippen molar-refractivity contribution in [1.29, 1.82) is 0 Å². The molecule has 0 saturated heterocycles. The third-order valence-corrected chi connectivity index (χ3v) is 6.66. The predicted octanol–water partition coefficient (Wildman–Crippen LogP) is 3.36. The van der Waals surface area contributed by atoms with Gasteiger partial charge in [0.25, 0.3) is 0 Å². The van der Waals surface area contributed by atoms with Crippen molar-refractivity contribution in [1.82, 2.24) is 25.5 Å². The number of H-pyrrole nitrogens is 1. The van der Waals surface area contributed by atoms with E-state index in [1.807, 2.05) is 37.2 Å². The molecular formula is C24H37N5O2. The maximum absolute atomic E-state index is 13.1. The molecule has 2 aromatic heterocycles. The van der Waals surface area contributed by atoms with Crippen LogP contribution in [0.25, 0.3) is 11.0 Å². The Morgan fingerprint density at radius 3 is 2.65 bits per heavy atom. The van der Waals surface area contributed by atoms with Gasteiger partial charge in [0.15, 0.2) is 0 Å². The van der Waals surface area contributed by atoms with Crippen LogP contribution >= 0.6 is 0 Å². The maximum Gasteiger partial charge on any atom is 0.242 e. The molecule has 0 bridgehead atoms. The molecule has 2 heterocycles. The van der Waals surface area contributed by atoms with E-state index in [1.165, 1.54) is 19.3 Å². The molecule has 0 radical (unpaired) electrons. The highest BCUT2D eigenvalue weighted by molar-refractivity contribution is 5.89. The quantitative estimate of drug-likeness (QED) is 0.572. The average molecular weight is 428 g/mol. The van der Waals surface area contributed by atoms with Crippen molar-refractivity contribution in [2.45, 2.75) is 84.0 Å². The van der Waals surface area contributed by atoms with Crippen LogP contribution in [-0.4, -0.2) is 51.9 Å². The lowest BCUT2D eigenvalue weighted by molar-refractivity contribution is -0.132. The summed E-state index contributed by atoms with van der Waals surface area (Å²) in [5.74, 6) is 0.274. The third kappa shape index (κ3) is 6.29. The largest absolute Gasteiger partial charge is 0.350 e. The smallest absolute Gasteiger partial charge is 0.242 e. The van der Waals surface area contributed by atoms with Crippen molar-refractivity contribution in [3.63, 3.8) is 0 Å². The highest BCUT2D eigenvalue weighted by Crippen LogP contribution is 2.27.